The first kappa shape index (κ1) is 17.5. The normalized spacial score (nSPS) is 11.8. The van der Waals surface area contributed by atoms with Gasteiger partial charge in [0.2, 0.25) is 17.6 Å². The third kappa shape index (κ3) is 5.08. The second kappa shape index (κ2) is 8.09. The Morgan fingerprint density at radius 1 is 1.33 bits per heavy atom. The summed E-state index contributed by atoms with van der Waals surface area (Å²) in [5, 5.41) is 15.1. The molecule has 0 spiro atoms. The Balaban J connectivity index is 1.87. The second-order valence-electron chi connectivity index (χ2n) is 5.31. The van der Waals surface area contributed by atoms with Gasteiger partial charge in [0.15, 0.2) is 0 Å². The quantitative estimate of drug-likeness (QED) is 0.755. The number of nitrogens with zero attached hydrogens (tertiary/aromatic N) is 2. The van der Waals surface area contributed by atoms with E-state index in [9.17, 15) is 9.59 Å². The van der Waals surface area contributed by atoms with Crippen LogP contribution in [0, 0.1) is 0 Å². The molecule has 8 nitrogen and oxygen atoms in total. The van der Waals surface area contributed by atoms with Gasteiger partial charge in [-0.1, -0.05) is 5.16 Å². The summed E-state index contributed by atoms with van der Waals surface area (Å²) in [7, 11) is 1.59. The molecule has 1 atom stereocenters. The number of carbonyl (C=O) groups is 2. The van der Waals surface area contributed by atoms with Gasteiger partial charge in [-0.3, -0.25) is 9.59 Å². The average molecular weight is 333 g/mol. The lowest BCUT2D eigenvalue weighted by molar-refractivity contribution is -0.137. The zero-order valence-corrected chi connectivity index (χ0v) is 13.5. The minimum absolute atomic E-state index is 0.117. The first-order valence-corrected chi connectivity index (χ1v) is 7.46. The van der Waals surface area contributed by atoms with Gasteiger partial charge in [-0.25, -0.2) is 0 Å². The molecule has 1 amide bonds. The highest BCUT2D eigenvalue weighted by atomic mass is 16.5. The van der Waals surface area contributed by atoms with Crippen LogP contribution in [-0.2, 0) is 16.0 Å². The fourth-order valence-corrected chi connectivity index (χ4v) is 2.09. The zero-order chi connectivity index (χ0) is 17.5. The van der Waals surface area contributed by atoms with Crippen molar-refractivity contribution in [3.8, 4) is 17.1 Å². The molecule has 1 aromatic carbocycles. The lowest BCUT2D eigenvalue weighted by Crippen LogP contribution is -2.34. The minimum Gasteiger partial charge on any atom is -0.497 e. The first-order chi connectivity index (χ1) is 11.5. The topological polar surface area (TPSA) is 115 Å². The third-order valence-corrected chi connectivity index (χ3v) is 3.27. The summed E-state index contributed by atoms with van der Waals surface area (Å²) >= 11 is 0. The number of amides is 1. The van der Waals surface area contributed by atoms with Crippen LogP contribution in [0.5, 0.6) is 5.75 Å². The van der Waals surface area contributed by atoms with Crippen molar-refractivity contribution in [2.24, 2.45) is 0 Å². The maximum absolute atomic E-state index is 11.7. The molecule has 2 rings (SSSR count). The molecule has 0 saturated heterocycles. The number of carbonyl (C=O) groups excluding carboxylic acids is 1. The molecule has 8 heteroatoms. The van der Waals surface area contributed by atoms with Gasteiger partial charge in [-0.05, 0) is 31.2 Å². The number of nitrogens with one attached hydrogen (secondary N) is 1. The van der Waals surface area contributed by atoms with E-state index in [-0.39, 0.29) is 25.2 Å². The van der Waals surface area contributed by atoms with Crippen LogP contribution in [0.4, 0.5) is 0 Å². The Morgan fingerprint density at radius 3 is 2.67 bits per heavy atom. The van der Waals surface area contributed by atoms with Crippen molar-refractivity contribution in [3.63, 3.8) is 0 Å². The third-order valence-electron chi connectivity index (χ3n) is 3.27. The number of ether oxygens (including phenoxy) is 1. The lowest BCUT2D eigenvalue weighted by Gasteiger charge is -2.10. The van der Waals surface area contributed by atoms with E-state index >= 15 is 0 Å². The Labute approximate surface area is 138 Å². The van der Waals surface area contributed by atoms with Gasteiger partial charge in [-0.2, -0.15) is 4.98 Å². The molecule has 0 aliphatic heterocycles. The van der Waals surface area contributed by atoms with E-state index in [1.165, 1.54) is 0 Å². The smallest absolute Gasteiger partial charge is 0.305 e. The number of methoxy groups -OCH3 is 1. The summed E-state index contributed by atoms with van der Waals surface area (Å²) in [5.74, 6) is 0.306. The van der Waals surface area contributed by atoms with Gasteiger partial charge in [0.1, 0.15) is 5.75 Å². The molecule has 1 heterocycles. The van der Waals surface area contributed by atoms with Gasteiger partial charge in [0.25, 0.3) is 0 Å². The molecular weight excluding hydrogens is 314 g/mol. The Morgan fingerprint density at radius 2 is 2.04 bits per heavy atom. The van der Waals surface area contributed by atoms with E-state index in [2.05, 4.69) is 15.5 Å². The summed E-state index contributed by atoms with van der Waals surface area (Å²) in [5.41, 5.74) is 0.783. The molecule has 0 fully saturated rings. The van der Waals surface area contributed by atoms with Crippen molar-refractivity contribution in [2.75, 3.05) is 7.11 Å². The van der Waals surface area contributed by atoms with Crippen LogP contribution < -0.4 is 10.1 Å². The number of benzene rings is 1. The first-order valence-electron chi connectivity index (χ1n) is 7.46. The Bertz CT molecular complexity index is 696. The molecule has 0 aliphatic carbocycles. The fraction of sp³-hybridized carbons (Fsp3) is 0.375. The summed E-state index contributed by atoms with van der Waals surface area (Å²) in [6.45, 7) is 1.64. The number of aromatic nitrogens is 2. The van der Waals surface area contributed by atoms with Crippen LogP contribution in [0.2, 0.25) is 0 Å². The number of aliphatic carboxylic acids is 1. The number of hydrogen-bond acceptors (Lipinski definition) is 6. The molecule has 0 bridgehead atoms. The summed E-state index contributed by atoms with van der Waals surface area (Å²) < 4.78 is 10.2. The largest absolute Gasteiger partial charge is 0.497 e. The van der Waals surface area contributed by atoms with E-state index in [4.69, 9.17) is 14.4 Å². The molecule has 2 aromatic rings. The number of aryl methyl sites for hydroxylation is 1. The van der Waals surface area contributed by atoms with Crippen molar-refractivity contribution in [2.45, 2.75) is 32.2 Å². The molecule has 128 valence electrons. The monoisotopic (exact) mass is 333 g/mol. The number of hydrogen-bond donors (Lipinski definition) is 2. The molecule has 1 aromatic heterocycles. The van der Waals surface area contributed by atoms with Crippen LogP contribution in [0.25, 0.3) is 11.4 Å². The van der Waals surface area contributed by atoms with E-state index in [0.29, 0.717) is 11.7 Å². The van der Waals surface area contributed by atoms with Crippen molar-refractivity contribution < 1.29 is 24.0 Å². The van der Waals surface area contributed by atoms with Gasteiger partial charge in [0, 0.05) is 24.4 Å². The highest BCUT2D eigenvalue weighted by Crippen LogP contribution is 2.19. The molecule has 0 radical (unpaired) electrons. The molecule has 24 heavy (non-hydrogen) atoms. The molecule has 2 N–H and O–H groups in total. The van der Waals surface area contributed by atoms with E-state index < -0.39 is 12.0 Å². The Kier molecular flexibility index (Phi) is 5.89. The predicted octanol–water partition coefficient (Wildman–Crippen LogP) is 1.66. The molecule has 1 unspecified atom stereocenters. The number of rotatable bonds is 8. The highest BCUT2D eigenvalue weighted by Gasteiger charge is 2.13. The van der Waals surface area contributed by atoms with Crippen molar-refractivity contribution in [3.05, 3.63) is 30.2 Å². The van der Waals surface area contributed by atoms with Crippen molar-refractivity contribution in [1.82, 2.24) is 15.5 Å². The minimum atomic E-state index is -0.955. The van der Waals surface area contributed by atoms with Crippen LogP contribution in [0.15, 0.2) is 28.8 Å². The van der Waals surface area contributed by atoms with Gasteiger partial charge >= 0.3 is 5.97 Å². The summed E-state index contributed by atoms with van der Waals surface area (Å²) in [4.78, 5) is 26.5. The van der Waals surface area contributed by atoms with E-state index in [0.717, 1.165) is 11.3 Å². The molecule has 0 aliphatic rings. The van der Waals surface area contributed by atoms with Crippen molar-refractivity contribution in [1.29, 1.82) is 0 Å². The maximum atomic E-state index is 11.7. The predicted molar refractivity (Wildman–Crippen MR) is 84.5 cm³/mol. The van der Waals surface area contributed by atoms with Gasteiger partial charge in [0.05, 0.1) is 13.5 Å². The van der Waals surface area contributed by atoms with Gasteiger partial charge in [-0.15, -0.1) is 0 Å². The van der Waals surface area contributed by atoms with E-state index in [1.807, 2.05) is 12.1 Å². The van der Waals surface area contributed by atoms with Crippen LogP contribution >= 0.6 is 0 Å². The second-order valence-corrected chi connectivity index (χ2v) is 5.31. The van der Waals surface area contributed by atoms with E-state index in [1.54, 1.807) is 26.2 Å². The van der Waals surface area contributed by atoms with Crippen LogP contribution in [0.1, 0.15) is 25.7 Å². The Hall–Kier alpha value is -2.90. The standard InChI is InChI=1S/C16H19N3O5/c1-10(9-15(21)22)17-13(20)7-8-14-18-16(19-24-14)11-3-5-12(23-2)6-4-11/h3-6,10H,7-9H2,1-2H3,(H,17,20)(H,21,22). The van der Waals surface area contributed by atoms with Crippen LogP contribution in [-0.4, -0.2) is 40.3 Å². The maximum Gasteiger partial charge on any atom is 0.305 e. The molecule has 0 saturated carbocycles. The molecular formula is C16H19N3O5. The average Bonchev–Trinajstić information content (AvgIpc) is 3.01. The zero-order valence-electron chi connectivity index (χ0n) is 13.5. The van der Waals surface area contributed by atoms with Gasteiger partial charge < -0.3 is 19.7 Å². The number of carboxylic acids is 1. The highest BCUT2D eigenvalue weighted by molar-refractivity contribution is 5.77. The van der Waals surface area contributed by atoms with Crippen LogP contribution in [0.3, 0.4) is 0 Å². The van der Waals surface area contributed by atoms with Crippen molar-refractivity contribution >= 4 is 11.9 Å². The summed E-state index contributed by atoms with van der Waals surface area (Å²) in [6, 6.07) is 6.79. The summed E-state index contributed by atoms with van der Waals surface area (Å²) in [6.07, 6.45) is 0.316. The fourth-order valence-electron chi connectivity index (χ4n) is 2.09. The SMILES string of the molecule is COc1ccc(-c2noc(CCC(=O)NC(C)CC(=O)O)n2)cc1. The lowest BCUT2D eigenvalue weighted by atomic mass is 10.2. The number of carboxylic acid groups (broad SMARTS) is 1.